The molecule has 1 saturated heterocycles. The van der Waals surface area contributed by atoms with Crippen LogP contribution in [-0.2, 0) is 14.8 Å². The first kappa shape index (κ1) is 20.5. The fraction of sp³-hybridized carbons (Fsp3) is 0.333. The standard InChI is InChI=1S/C21H24N4O4S/c1-13-5-6-17(30(26,27)24-12-16-4-3-7-28-16)10-18(13)15-9-19(21(22)23-11-15)20-8-14(2)25-29-20/h5-6,8-11,16,24H,3-4,7,12H2,1-2H3,(H2,22,23). The van der Waals surface area contributed by atoms with E-state index in [0.717, 1.165) is 35.2 Å². The third-order valence-electron chi connectivity index (χ3n) is 5.17. The van der Waals surface area contributed by atoms with Gasteiger partial charge in [-0.1, -0.05) is 11.2 Å². The summed E-state index contributed by atoms with van der Waals surface area (Å²) in [4.78, 5) is 4.46. The Labute approximate surface area is 175 Å². The lowest BCUT2D eigenvalue weighted by Gasteiger charge is -2.14. The zero-order chi connectivity index (χ0) is 21.3. The molecule has 0 radical (unpaired) electrons. The summed E-state index contributed by atoms with van der Waals surface area (Å²) in [6, 6.07) is 8.64. The van der Waals surface area contributed by atoms with E-state index < -0.39 is 10.0 Å². The highest BCUT2D eigenvalue weighted by Crippen LogP contribution is 2.32. The molecule has 4 rings (SSSR count). The van der Waals surface area contributed by atoms with Gasteiger partial charge in [-0.3, -0.25) is 0 Å². The van der Waals surface area contributed by atoms with Crippen molar-refractivity contribution in [1.82, 2.24) is 14.9 Å². The highest BCUT2D eigenvalue weighted by Gasteiger charge is 2.21. The van der Waals surface area contributed by atoms with Crippen molar-refractivity contribution < 1.29 is 17.7 Å². The summed E-state index contributed by atoms with van der Waals surface area (Å²) in [6.07, 6.45) is 3.38. The number of hydrogen-bond acceptors (Lipinski definition) is 7. The summed E-state index contributed by atoms with van der Waals surface area (Å²) in [6.45, 7) is 4.69. The summed E-state index contributed by atoms with van der Waals surface area (Å²) in [5.74, 6) is 0.827. The molecule has 2 aromatic heterocycles. The number of benzene rings is 1. The Bertz CT molecular complexity index is 1170. The molecule has 1 atom stereocenters. The van der Waals surface area contributed by atoms with Crippen LogP contribution in [0.25, 0.3) is 22.5 Å². The van der Waals surface area contributed by atoms with Crippen LogP contribution in [0.5, 0.6) is 0 Å². The first-order valence-electron chi connectivity index (χ1n) is 9.75. The van der Waals surface area contributed by atoms with Gasteiger partial charge in [0, 0.05) is 31.0 Å². The second-order valence-electron chi connectivity index (χ2n) is 7.45. The Hall–Kier alpha value is -2.75. The molecule has 158 valence electrons. The Kier molecular flexibility index (Phi) is 5.59. The average Bonchev–Trinajstić information content (AvgIpc) is 3.39. The summed E-state index contributed by atoms with van der Waals surface area (Å²) >= 11 is 0. The molecule has 0 bridgehead atoms. The maximum Gasteiger partial charge on any atom is 0.240 e. The summed E-state index contributed by atoms with van der Waals surface area (Å²) < 4.78 is 39.1. The van der Waals surface area contributed by atoms with Gasteiger partial charge in [0.25, 0.3) is 0 Å². The lowest BCUT2D eigenvalue weighted by atomic mass is 10.00. The molecule has 1 aromatic carbocycles. The number of nitrogens with one attached hydrogen (secondary N) is 1. The van der Waals surface area contributed by atoms with Gasteiger partial charge < -0.3 is 15.0 Å². The molecule has 1 unspecified atom stereocenters. The van der Waals surface area contributed by atoms with Crippen LogP contribution in [0.2, 0.25) is 0 Å². The number of nitrogen functional groups attached to an aromatic ring is 1. The van der Waals surface area contributed by atoms with Crippen LogP contribution in [-0.4, -0.2) is 37.8 Å². The van der Waals surface area contributed by atoms with Crippen LogP contribution in [0, 0.1) is 13.8 Å². The quantitative estimate of drug-likeness (QED) is 0.619. The fourth-order valence-electron chi connectivity index (χ4n) is 3.48. The maximum atomic E-state index is 12.8. The van der Waals surface area contributed by atoms with Crippen LogP contribution in [0.3, 0.4) is 0 Å². The lowest BCUT2D eigenvalue weighted by Crippen LogP contribution is -2.31. The molecule has 1 fully saturated rings. The highest BCUT2D eigenvalue weighted by molar-refractivity contribution is 7.89. The number of hydrogen-bond donors (Lipinski definition) is 2. The van der Waals surface area contributed by atoms with Crippen molar-refractivity contribution in [3.8, 4) is 22.5 Å². The zero-order valence-electron chi connectivity index (χ0n) is 16.9. The molecule has 0 spiro atoms. The fourth-order valence-corrected chi connectivity index (χ4v) is 4.57. The molecule has 1 aliphatic rings. The third kappa shape index (κ3) is 4.23. The number of ether oxygens (including phenoxy) is 1. The van der Waals surface area contributed by atoms with E-state index in [1.54, 1.807) is 30.5 Å². The van der Waals surface area contributed by atoms with E-state index in [1.165, 1.54) is 0 Å². The van der Waals surface area contributed by atoms with Gasteiger partial charge in [-0.15, -0.1) is 0 Å². The van der Waals surface area contributed by atoms with E-state index in [9.17, 15) is 8.42 Å². The van der Waals surface area contributed by atoms with Gasteiger partial charge in [-0.2, -0.15) is 0 Å². The van der Waals surface area contributed by atoms with E-state index in [0.29, 0.717) is 23.7 Å². The third-order valence-corrected chi connectivity index (χ3v) is 6.59. The van der Waals surface area contributed by atoms with Gasteiger partial charge in [0.15, 0.2) is 5.76 Å². The lowest BCUT2D eigenvalue weighted by molar-refractivity contribution is 0.114. The number of aryl methyl sites for hydroxylation is 2. The first-order chi connectivity index (χ1) is 14.3. The largest absolute Gasteiger partial charge is 0.383 e. The molecular weight excluding hydrogens is 404 g/mol. The molecule has 3 aromatic rings. The number of nitrogens with zero attached hydrogens (tertiary/aromatic N) is 2. The number of nitrogens with two attached hydrogens (primary N) is 1. The second kappa shape index (κ2) is 8.17. The van der Waals surface area contributed by atoms with Crippen molar-refractivity contribution in [3.05, 3.63) is 47.8 Å². The average molecular weight is 429 g/mol. The Balaban J connectivity index is 1.66. The van der Waals surface area contributed by atoms with Gasteiger partial charge in [-0.25, -0.2) is 18.1 Å². The van der Waals surface area contributed by atoms with Crippen LogP contribution >= 0.6 is 0 Å². The van der Waals surface area contributed by atoms with Crippen molar-refractivity contribution >= 4 is 15.8 Å². The summed E-state index contributed by atoms with van der Waals surface area (Å²) in [7, 11) is -3.67. The molecule has 3 N–H and O–H groups in total. The topological polar surface area (TPSA) is 120 Å². The minimum atomic E-state index is -3.67. The van der Waals surface area contributed by atoms with Crippen LogP contribution in [0.1, 0.15) is 24.1 Å². The smallest absolute Gasteiger partial charge is 0.240 e. The Morgan fingerprint density at radius 2 is 2.03 bits per heavy atom. The van der Waals surface area contributed by atoms with Crippen molar-refractivity contribution in [3.63, 3.8) is 0 Å². The molecule has 0 saturated carbocycles. The van der Waals surface area contributed by atoms with Gasteiger partial charge in [0.2, 0.25) is 10.0 Å². The molecule has 9 heteroatoms. The van der Waals surface area contributed by atoms with Gasteiger partial charge in [0.1, 0.15) is 5.82 Å². The van der Waals surface area contributed by atoms with Gasteiger partial charge in [-0.05, 0) is 56.0 Å². The van der Waals surface area contributed by atoms with E-state index in [4.69, 9.17) is 15.0 Å². The van der Waals surface area contributed by atoms with E-state index in [2.05, 4.69) is 14.9 Å². The molecule has 0 aliphatic carbocycles. The number of pyridine rings is 1. The zero-order valence-corrected chi connectivity index (χ0v) is 17.7. The predicted molar refractivity (Wildman–Crippen MR) is 113 cm³/mol. The van der Waals surface area contributed by atoms with Crippen LogP contribution < -0.4 is 10.5 Å². The first-order valence-corrected chi connectivity index (χ1v) is 11.2. The van der Waals surface area contributed by atoms with Crippen LogP contribution in [0.4, 0.5) is 5.82 Å². The van der Waals surface area contributed by atoms with Crippen molar-refractivity contribution in [1.29, 1.82) is 0 Å². The van der Waals surface area contributed by atoms with Gasteiger partial charge >= 0.3 is 0 Å². The molecule has 30 heavy (non-hydrogen) atoms. The minimum absolute atomic E-state index is 0.0705. The Morgan fingerprint density at radius 3 is 2.73 bits per heavy atom. The van der Waals surface area contributed by atoms with E-state index in [1.807, 2.05) is 19.9 Å². The minimum Gasteiger partial charge on any atom is -0.383 e. The molecule has 0 amide bonds. The molecule has 8 nitrogen and oxygen atoms in total. The van der Waals surface area contributed by atoms with Crippen molar-refractivity contribution in [2.45, 2.75) is 37.7 Å². The molecule has 1 aliphatic heterocycles. The molecular formula is C21H24N4O4S. The van der Waals surface area contributed by atoms with E-state index >= 15 is 0 Å². The number of rotatable bonds is 6. The molecule has 3 heterocycles. The summed E-state index contributed by atoms with van der Waals surface area (Å²) in [5.41, 5.74) is 9.77. The second-order valence-corrected chi connectivity index (χ2v) is 9.22. The number of sulfonamides is 1. The Morgan fingerprint density at radius 1 is 1.20 bits per heavy atom. The number of aromatic nitrogens is 2. The summed E-state index contributed by atoms with van der Waals surface area (Å²) in [5, 5.41) is 3.90. The highest BCUT2D eigenvalue weighted by atomic mass is 32.2. The monoisotopic (exact) mass is 428 g/mol. The maximum absolute atomic E-state index is 12.8. The van der Waals surface area contributed by atoms with Crippen molar-refractivity contribution in [2.24, 2.45) is 0 Å². The van der Waals surface area contributed by atoms with Gasteiger partial charge in [0.05, 0.1) is 22.3 Å². The SMILES string of the molecule is Cc1cc(-c2cc(-c3cc(S(=O)(=O)NCC4CCCO4)ccc3C)cnc2N)on1. The number of anilines is 1. The van der Waals surface area contributed by atoms with Crippen LogP contribution in [0.15, 0.2) is 45.9 Å². The normalized spacial score (nSPS) is 16.8. The van der Waals surface area contributed by atoms with Crippen molar-refractivity contribution in [2.75, 3.05) is 18.9 Å². The van der Waals surface area contributed by atoms with E-state index in [-0.39, 0.29) is 17.5 Å². The predicted octanol–water partition coefficient (Wildman–Crippen LogP) is 3.06.